The van der Waals surface area contributed by atoms with Crippen LogP contribution in [0.2, 0.25) is 10.0 Å². The van der Waals surface area contributed by atoms with E-state index in [1.807, 2.05) is 18.2 Å². The lowest BCUT2D eigenvalue weighted by atomic mass is 10.2. The summed E-state index contributed by atoms with van der Waals surface area (Å²) < 4.78 is 5.70. The molecule has 3 nitrogen and oxygen atoms in total. The molecule has 1 N–H and O–H groups in total. The Morgan fingerprint density at radius 1 is 1.15 bits per heavy atom. The molecule has 1 amide bonds. The first-order chi connectivity index (χ1) is 9.56. The van der Waals surface area contributed by atoms with E-state index in [1.165, 1.54) is 6.92 Å². The van der Waals surface area contributed by atoms with Crippen LogP contribution in [0.5, 0.6) is 5.75 Å². The van der Waals surface area contributed by atoms with Crippen molar-refractivity contribution in [3.63, 3.8) is 0 Å². The van der Waals surface area contributed by atoms with Crippen LogP contribution in [-0.2, 0) is 11.4 Å². The minimum Gasteiger partial charge on any atom is -0.487 e. The van der Waals surface area contributed by atoms with Gasteiger partial charge in [-0.25, -0.2) is 0 Å². The molecule has 0 aromatic heterocycles. The van der Waals surface area contributed by atoms with Crippen molar-refractivity contribution >= 4 is 34.8 Å². The molecule has 0 aliphatic rings. The number of hydrogen-bond acceptors (Lipinski definition) is 2. The number of amides is 1. The first-order valence-electron chi connectivity index (χ1n) is 5.99. The molecule has 0 aliphatic heterocycles. The summed E-state index contributed by atoms with van der Waals surface area (Å²) in [5, 5.41) is 3.72. The largest absolute Gasteiger partial charge is 0.487 e. The fourth-order valence-corrected chi connectivity index (χ4v) is 2.00. The van der Waals surface area contributed by atoms with Crippen LogP contribution >= 0.6 is 23.2 Å². The van der Waals surface area contributed by atoms with Crippen molar-refractivity contribution in [3.05, 3.63) is 58.1 Å². The van der Waals surface area contributed by atoms with Gasteiger partial charge in [-0.15, -0.1) is 0 Å². The van der Waals surface area contributed by atoms with E-state index in [1.54, 1.807) is 24.3 Å². The van der Waals surface area contributed by atoms with Crippen molar-refractivity contribution in [2.24, 2.45) is 0 Å². The van der Waals surface area contributed by atoms with Gasteiger partial charge < -0.3 is 10.1 Å². The number of carbonyl (C=O) groups excluding carboxylic acids is 1. The summed E-state index contributed by atoms with van der Waals surface area (Å²) in [4.78, 5) is 11.1. The van der Waals surface area contributed by atoms with Crippen LogP contribution in [-0.4, -0.2) is 5.91 Å². The molecule has 0 saturated heterocycles. The first-order valence-corrected chi connectivity index (χ1v) is 6.75. The predicted octanol–water partition coefficient (Wildman–Crippen LogP) is 4.53. The minimum atomic E-state index is -0.143. The molecule has 104 valence electrons. The predicted molar refractivity (Wildman–Crippen MR) is 81.5 cm³/mol. The minimum absolute atomic E-state index is 0.143. The number of anilines is 1. The summed E-state index contributed by atoms with van der Waals surface area (Å²) >= 11 is 11.8. The fourth-order valence-electron chi connectivity index (χ4n) is 1.68. The first kappa shape index (κ1) is 14.7. The van der Waals surface area contributed by atoms with Crippen molar-refractivity contribution in [2.75, 3.05) is 5.32 Å². The molecule has 2 aromatic carbocycles. The summed E-state index contributed by atoms with van der Waals surface area (Å²) in [6, 6.07) is 12.6. The van der Waals surface area contributed by atoms with Crippen molar-refractivity contribution in [2.45, 2.75) is 13.5 Å². The summed E-state index contributed by atoms with van der Waals surface area (Å²) in [5.74, 6) is 0.462. The summed E-state index contributed by atoms with van der Waals surface area (Å²) in [6.07, 6.45) is 0. The lowest BCUT2D eigenvalue weighted by molar-refractivity contribution is -0.114. The second-order valence-corrected chi connectivity index (χ2v) is 5.03. The monoisotopic (exact) mass is 309 g/mol. The smallest absolute Gasteiger partial charge is 0.221 e. The molecule has 2 aromatic rings. The third kappa shape index (κ3) is 3.89. The van der Waals surface area contributed by atoms with Gasteiger partial charge in [-0.2, -0.15) is 0 Å². The molecule has 0 saturated carbocycles. The van der Waals surface area contributed by atoms with Gasteiger partial charge in [0.1, 0.15) is 12.4 Å². The SMILES string of the molecule is CC(=O)Nc1ccccc1OCc1ccc(Cl)c(Cl)c1. The van der Waals surface area contributed by atoms with Gasteiger partial charge in [-0.05, 0) is 29.8 Å². The Bertz CT molecular complexity index is 629. The molecule has 0 bridgehead atoms. The molecule has 0 fully saturated rings. The maximum absolute atomic E-state index is 11.1. The Morgan fingerprint density at radius 2 is 1.90 bits per heavy atom. The van der Waals surface area contributed by atoms with Gasteiger partial charge in [0.2, 0.25) is 5.91 Å². The number of nitrogens with one attached hydrogen (secondary N) is 1. The number of halogens is 2. The highest BCUT2D eigenvalue weighted by atomic mass is 35.5. The summed E-state index contributed by atoms with van der Waals surface area (Å²) in [7, 11) is 0. The van der Waals surface area contributed by atoms with Crippen molar-refractivity contribution in [3.8, 4) is 5.75 Å². The van der Waals surface area contributed by atoms with E-state index in [2.05, 4.69) is 5.32 Å². The molecular weight excluding hydrogens is 297 g/mol. The van der Waals surface area contributed by atoms with Crippen LogP contribution < -0.4 is 10.1 Å². The Labute approximate surface area is 127 Å². The maximum Gasteiger partial charge on any atom is 0.221 e. The molecular formula is C15H13Cl2NO2. The van der Waals surface area contributed by atoms with Crippen molar-refractivity contribution in [1.29, 1.82) is 0 Å². The van der Waals surface area contributed by atoms with E-state index in [0.29, 0.717) is 28.1 Å². The lowest BCUT2D eigenvalue weighted by Gasteiger charge is -2.12. The van der Waals surface area contributed by atoms with Gasteiger partial charge in [-0.3, -0.25) is 4.79 Å². The van der Waals surface area contributed by atoms with Gasteiger partial charge in [-0.1, -0.05) is 41.4 Å². The number of hydrogen-bond donors (Lipinski definition) is 1. The third-order valence-electron chi connectivity index (χ3n) is 2.58. The molecule has 0 atom stereocenters. The molecule has 0 heterocycles. The van der Waals surface area contributed by atoms with Crippen LogP contribution in [0, 0.1) is 0 Å². The highest BCUT2D eigenvalue weighted by molar-refractivity contribution is 6.42. The molecule has 0 unspecified atom stereocenters. The van der Waals surface area contributed by atoms with E-state index in [4.69, 9.17) is 27.9 Å². The normalized spacial score (nSPS) is 10.2. The van der Waals surface area contributed by atoms with Crippen LogP contribution in [0.4, 0.5) is 5.69 Å². The highest BCUT2D eigenvalue weighted by Gasteiger charge is 2.05. The third-order valence-corrected chi connectivity index (χ3v) is 3.32. The molecule has 0 spiro atoms. The van der Waals surface area contributed by atoms with Crippen LogP contribution in [0.3, 0.4) is 0 Å². The molecule has 0 aliphatic carbocycles. The fraction of sp³-hybridized carbons (Fsp3) is 0.133. The van der Waals surface area contributed by atoms with Gasteiger partial charge >= 0.3 is 0 Å². The standard InChI is InChI=1S/C15H13Cl2NO2/c1-10(19)18-14-4-2-3-5-15(14)20-9-11-6-7-12(16)13(17)8-11/h2-8H,9H2,1H3,(H,18,19). The summed E-state index contributed by atoms with van der Waals surface area (Å²) in [5.41, 5.74) is 1.54. The quantitative estimate of drug-likeness (QED) is 0.901. The number of carbonyl (C=O) groups is 1. The average Bonchev–Trinajstić information content (AvgIpc) is 2.41. The van der Waals surface area contributed by atoms with Gasteiger partial charge in [0.05, 0.1) is 15.7 Å². The second-order valence-electron chi connectivity index (χ2n) is 4.21. The topological polar surface area (TPSA) is 38.3 Å². The number of benzene rings is 2. The van der Waals surface area contributed by atoms with Crippen LogP contribution in [0.1, 0.15) is 12.5 Å². The zero-order chi connectivity index (χ0) is 14.5. The Morgan fingerprint density at radius 3 is 2.60 bits per heavy atom. The zero-order valence-electron chi connectivity index (χ0n) is 10.8. The zero-order valence-corrected chi connectivity index (χ0v) is 12.3. The summed E-state index contributed by atoms with van der Waals surface area (Å²) in [6.45, 7) is 1.79. The lowest BCUT2D eigenvalue weighted by Crippen LogP contribution is -2.07. The Kier molecular flexibility index (Phi) is 4.88. The highest BCUT2D eigenvalue weighted by Crippen LogP contribution is 2.26. The van der Waals surface area contributed by atoms with E-state index < -0.39 is 0 Å². The molecule has 5 heteroatoms. The van der Waals surface area contributed by atoms with E-state index in [0.717, 1.165) is 5.56 Å². The number of para-hydroxylation sites is 2. The van der Waals surface area contributed by atoms with E-state index >= 15 is 0 Å². The maximum atomic E-state index is 11.1. The Balaban J connectivity index is 2.10. The van der Waals surface area contributed by atoms with Crippen LogP contribution in [0.15, 0.2) is 42.5 Å². The molecule has 20 heavy (non-hydrogen) atoms. The number of rotatable bonds is 4. The Hall–Kier alpha value is -1.71. The molecule has 0 radical (unpaired) electrons. The second kappa shape index (κ2) is 6.64. The van der Waals surface area contributed by atoms with Crippen LogP contribution in [0.25, 0.3) is 0 Å². The van der Waals surface area contributed by atoms with Gasteiger partial charge in [0, 0.05) is 6.92 Å². The number of ether oxygens (including phenoxy) is 1. The van der Waals surface area contributed by atoms with Gasteiger partial charge in [0.25, 0.3) is 0 Å². The van der Waals surface area contributed by atoms with E-state index in [-0.39, 0.29) is 5.91 Å². The van der Waals surface area contributed by atoms with E-state index in [9.17, 15) is 4.79 Å². The molecule has 2 rings (SSSR count). The average molecular weight is 310 g/mol. The van der Waals surface area contributed by atoms with Crippen molar-refractivity contribution < 1.29 is 9.53 Å². The van der Waals surface area contributed by atoms with Crippen molar-refractivity contribution in [1.82, 2.24) is 0 Å². The van der Waals surface area contributed by atoms with Gasteiger partial charge in [0.15, 0.2) is 0 Å².